The van der Waals surface area contributed by atoms with E-state index in [1.54, 1.807) is 12.3 Å². The van der Waals surface area contributed by atoms with Crippen LogP contribution in [0.2, 0.25) is 0 Å². The molecule has 0 aliphatic heterocycles. The number of hydrogen-bond donors (Lipinski definition) is 4. The molecule has 0 fully saturated rings. The zero-order valence-corrected chi connectivity index (χ0v) is 20.9. The second-order valence-electron chi connectivity index (χ2n) is 8.67. The Morgan fingerprint density at radius 1 is 1.09 bits per heavy atom. The standard InChI is InChI=1S/C23H30N8O3S/c1-14(2)29-23(3,4)15-9-10-18(26-13-15)28-19-12-16(20(31-30-19)22(32)24-5)27-21-17(35(6,33)34)8-7-11-25-21/h7-14,29H,1-6H3,(H,24,32)(H2,25,26,27,28,30)/i5D3. The van der Waals surface area contributed by atoms with Crippen LogP contribution in [0.15, 0.2) is 47.6 Å². The highest BCUT2D eigenvalue weighted by Gasteiger charge is 2.22. The van der Waals surface area contributed by atoms with Crippen molar-refractivity contribution in [3.63, 3.8) is 0 Å². The normalized spacial score (nSPS) is 13.5. The summed E-state index contributed by atoms with van der Waals surface area (Å²) in [7, 11) is -3.68. The third kappa shape index (κ3) is 6.49. The number of rotatable bonds is 9. The number of nitrogens with zero attached hydrogens (tertiary/aromatic N) is 4. The molecule has 0 aromatic carbocycles. The van der Waals surface area contributed by atoms with Crippen molar-refractivity contribution in [1.29, 1.82) is 0 Å². The maximum Gasteiger partial charge on any atom is 0.273 e. The molecule has 0 unspecified atom stereocenters. The fraction of sp³-hybridized carbons (Fsp3) is 0.348. The summed E-state index contributed by atoms with van der Waals surface area (Å²) in [4.78, 5) is 21.0. The Balaban J connectivity index is 1.97. The SMILES string of the molecule is [2H]C([2H])([2H])NC(=O)c1nnc(Nc2ccc(C(C)(C)NC(C)C)cn2)cc1Nc1ncccc1S(C)(=O)=O. The summed E-state index contributed by atoms with van der Waals surface area (Å²) < 4.78 is 46.4. The highest BCUT2D eigenvalue weighted by molar-refractivity contribution is 7.90. The van der Waals surface area contributed by atoms with Gasteiger partial charge in [-0.3, -0.25) is 4.79 Å². The summed E-state index contributed by atoms with van der Waals surface area (Å²) in [6, 6.07) is 8.11. The average molecular weight is 502 g/mol. The van der Waals surface area contributed by atoms with Gasteiger partial charge in [0.15, 0.2) is 21.3 Å². The highest BCUT2D eigenvalue weighted by atomic mass is 32.2. The molecule has 0 radical (unpaired) electrons. The third-order valence-corrected chi connectivity index (χ3v) is 6.06. The second-order valence-corrected chi connectivity index (χ2v) is 10.7. The number of carbonyl (C=O) groups is 1. The monoisotopic (exact) mass is 501 g/mol. The molecule has 0 saturated heterocycles. The molecule has 3 rings (SSSR count). The first-order chi connectivity index (χ1) is 17.5. The van der Waals surface area contributed by atoms with Crippen molar-refractivity contribution in [2.45, 2.75) is 44.2 Å². The predicted octanol–water partition coefficient (Wildman–Crippen LogP) is 2.75. The Labute approximate surface area is 209 Å². The average Bonchev–Trinajstić information content (AvgIpc) is 2.77. The Morgan fingerprint density at radius 2 is 1.86 bits per heavy atom. The van der Waals surface area contributed by atoms with Crippen LogP contribution >= 0.6 is 0 Å². The zero-order valence-electron chi connectivity index (χ0n) is 23.0. The molecule has 0 aliphatic rings. The lowest BCUT2D eigenvalue weighted by Crippen LogP contribution is -2.41. The summed E-state index contributed by atoms with van der Waals surface area (Å²) in [6.45, 7) is 5.43. The van der Waals surface area contributed by atoms with Crippen LogP contribution in [0.25, 0.3) is 0 Å². The molecule has 1 amide bonds. The maximum absolute atomic E-state index is 12.6. The molecular weight excluding hydrogens is 468 g/mol. The fourth-order valence-electron chi connectivity index (χ4n) is 3.46. The zero-order chi connectivity index (χ0) is 28.3. The van der Waals surface area contributed by atoms with Gasteiger partial charge in [-0.15, -0.1) is 10.2 Å². The van der Waals surface area contributed by atoms with Crippen LogP contribution in [-0.2, 0) is 15.4 Å². The number of anilines is 4. The van der Waals surface area contributed by atoms with Gasteiger partial charge in [-0.05, 0) is 37.6 Å². The van der Waals surface area contributed by atoms with Crippen LogP contribution < -0.4 is 21.3 Å². The van der Waals surface area contributed by atoms with E-state index in [2.05, 4.69) is 50.0 Å². The summed E-state index contributed by atoms with van der Waals surface area (Å²) >= 11 is 0. The molecule has 12 heteroatoms. The van der Waals surface area contributed by atoms with E-state index in [-0.39, 0.29) is 39.5 Å². The van der Waals surface area contributed by atoms with Crippen molar-refractivity contribution in [3.05, 3.63) is 54.0 Å². The fourth-order valence-corrected chi connectivity index (χ4v) is 4.24. The Kier molecular flexibility index (Phi) is 6.45. The van der Waals surface area contributed by atoms with Crippen LogP contribution in [0.4, 0.5) is 23.1 Å². The van der Waals surface area contributed by atoms with Crippen molar-refractivity contribution in [3.8, 4) is 0 Å². The highest BCUT2D eigenvalue weighted by Crippen LogP contribution is 2.27. The number of sulfone groups is 1. The smallest absolute Gasteiger partial charge is 0.273 e. The molecular formula is C23H30N8O3S. The van der Waals surface area contributed by atoms with Gasteiger partial charge in [0.2, 0.25) is 0 Å². The van der Waals surface area contributed by atoms with Gasteiger partial charge in [0, 0.05) is 47.4 Å². The van der Waals surface area contributed by atoms with Gasteiger partial charge < -0.3 is 21.3 Å². The minimum absolute atomic E-state index is 0.0215. The molecule has 0 bridgehead atoms. The molecule has 0 spiro atoms. The lowest BCUT2D eigenvalue weighted by atomic mass is 9.95. The van der Waals surface area contributed by atoms with E-state index in [9.17, 15) is 13.2 Å². The van der Waals surface area contributed by atoms with Crippen molar-refractivity contribution in [1.82, 2.24) is 30.8 Å². The van der Waals surface area contributed by atoms with Crippen molar-refractivity contribution >= 4 is 38.9 Å². The van der Waals surface area contributed by atoms with E-state index >= 15 is 0 Å². The number of amides is 1. The Morgan fingerprint density at radius 3 is 2.49 bits per heavy atom. The first kappa shape index (κ1) is 21.9. The van der Waals surface area contributed by atoms with E-state index in [1.165, 1.54) is 24.4 Å². The minimum atomic E-state index is -3.68. The van der Waals surface area contributed by atoms with E-state index in [0.29, 0.717) is 5.82 Å². The molecule has 3 aromatic rings. The van der Waals surface area contributed by atoms with Crippen molar-refractivity contribution < 1.29 is 17.3 Å². The van der Waals surface area contributed by atoms with Crippen molar-refractivity contribution in [2.24, 2.45) is 0 Å². The molecule has 4 N–H and O–H groups in total. The summed E-state index contributed by atoms with van der Waals surface area (Å²) in [5, 5.41) is 18.9. The van der Waals surface area contributed by atoms with Crippen LogP contribution in [0.1, 0.15) is 47.9 Å². The summed E-state index contributed by atoms with van der Waals surface area (Å²) in [6.07, 6.45) is 4.10. The predicted molar refractivity (Wildman–Crippen MR) is 135 cm³/mol. The molecule has 0 aliphatic carbocycles. The van der Waals surface area contributed by atoms with Crippen molar-refractivity contribution in [2.75, 3.05) is 23.9 Å². The van der Waals surface area contributed by atoms with E-state index in [4.69, 9.17) is 4.11 Å². The molecule has 3 heterocycles. The minimum Gasteiger partial charge on any atom is -0.354 e. The number of hydrogen-bond acceptors (Lipinski definition) is 10. The molecule has 186 valence electrons. The quantitative estimate of drug-likeness (QED) is 0.344. The molecule has 35 heavy (non-hydrogen) atoms. The summed E-state index contributed by atoms with van der Waals surface area (Å²) in [5.74, 6) is -0.511. The molecule has 3 aromatic heterocycles. The van der Waals surface area contributed by atoms with Gasteiger partial charge >= 0.3 is 0 Å². The van der Waals surface area contributed by atoms with Gasteiger partial charge in [-0.1, -0.05) is 19.9 Å². The van der Waals surface area contributed by atoms with Gasteiger partial charge in [0.1, 0.15) is 16.5 Å². The van der Waals surface area contributed by atoms with Gasteiger partial charge in [-0.25, -0.2) is 18.4 Å². The van der Waals surface area contributed by atoms with E-state index < -0.39 is 22.7 Å². The first-order valence-corrected chi connectivity index (χ1v) is 12.6. The Bertz CT molecular complexity index is 1410. The maximum atomic E-state index is 12.6. The van der Waals surface area contributed by atoms with E-state index in [1.807, 2.05) is 25.2 Å². The topological polar surface area (TPSA) is 151 Å². The number of aromatic nitrogens is 4. The number of nitrogens with one attached hydrogen (secondary N) is 4. The first-order valence-electron chi connectivity index (χ1n) is 12.2. The third-order valence-electron chi connectivity index (χ3n) is 4.94. The Hall–Kier alpha value is -3.64. The number of pyridine rings is 2. The van der Waals surface area contributed by atoms with Crippen LogP contribution in [0.5, 0.6) is 0 Å². The number of carbonyl (C=O) groups excluding carboxylic acids is 1. The van der Waals surface area contributed by atoms with Crippen LogP contribution in [0.3, 0.4) is 0 Å². The molecule has 0 atom stereocenters. The van der Waals surface area contributed by atoms with Gasteiger partial charge in [0.25, 0.3) is 5.91 Å². The lowest BCUT2D eigenvalue weighted by Gasteiger charge is -2.29. The van der Waals surface area contributed by atoms with Crippen LogP contribution in [-0.4, -0.2) is 53.8 Å². The molecule has 11 nitrogen and oxygen atoms in total. The second kappa shape index (κ2) is 10.3. The lowest BCUT2D eigenvalue weighted by molar-refractivity contribution is 0.0958. The largest absolute Gasteiger partial charge is 0.354 e. The summed E-state index contributed by atoms with van der Waals surface area (Å²) in [5.41, 5.74) is 0.257. The van der Waals surface area contributed by atoms with E-state index in [0.717, 1.165) is 11.8 Å². The van der Waals surface area contributed by atoms with Gasteiger partial charge in [-0.2, -0.15) is 0 Å². The van der Waals surface area contributed by atoms with Gasteiger partial charge in [0.05, 0.1) is 5.69 Å². The molecule has 0 saturated carbocycles. The van der Waals surface area contributed by atoms with Crippen LogP contribution in [0, 0.1) is 0 Å².